The number of hydrogen-bond donors (Lipinski definition) is 0. The summed E-state index contributed by atoms with van der Waals surface area (Å²) in [4.78, 5) is 0. The zero-order chi connectivity index (χ0) is 19.9. The minimum atomic E-state index is -0.871. The van der Waals surface area contributed by atoms with E-state index in [2.05, 4.69) is 40.2 Å². The molecule has 2 atom stereocenters. The van der Waals surface area contributed by atoms with E-state index < -0.39 is 17.2 Å². The molecule has 0 saturated carbocycles. The zero-order valence-corrected chi connectivity index (χ0v) is 15.6. The molecule has 0 fully saturated rings. The molecule has 7 heteroatoms. The Morgan fingerprint density at radius 2 is 1.86 bits per heavy atom. The highest BCUT2D eigenvalue weighted by Gasteiger charge is 2.43. The zero-order valence-electron chi connectivity index (χ0n) is 15.6. The third kappa shape index (κ3) is 2.68. The maximum atomic E-state index is 14.3. The molecule has 1 aromatic carbocycles. The third-order valence-corrected chi connectivity index (χ3v) is 5.55. The van der Waals surface area contributed by atoms with Crippen LogP contribution in [-0.2, 0) is 5.54 Å². The lowest BCUT2D eigenvalue weighted by Crippen LogP contribution is -2.39. The van der Waals surface area contributed by atoms with E-state index in [0.29, 0.717) is 18.0 Å². The van der Waals surface area contributed by atoms with Gasteiger partial charge in [0.1, 0.15) is 30.0 Å². The van der Waals surface area contributed by atoms with Crippen LogP contribution in [-0.4, -0.2) is 25.0 Å². The van der Waals surface area contributed by atoms with Crippen molar-refractivity contribution in [2.45, 2.75) is 38.1 Å². The lowest BCUT2D eigenvalue weighted by Gasteiger charge is -2.39. The number of terminal acetylenes is 1. The molecule has 5 nitrogen and oxygen atoms in total. The van der Waals surface area contributed by atoms with Crippen molar-refractivity contribution in [2.75, 3.05) is 0 Å². The van der Waals surface area contributed by atoms with E-state index in [-0.39, 0.29) is 17.2 Å². The van der Waals surface area contributed by atoms with Gasteiger partial charge in [0.05, 0.1) is 11.3 Å². The van der Waals surface area contributed by atoms with Gasteiger partial charge in [-0.05, 0) is 48.4 Å². The maximum Gasteiger partial charge on any atom is 0.152 e. The fourth-order valence-corrected chi connectivity index (χ4v) is 4.07. The molecule has 3 aromatic rings. The fraction of sp³-hybridized carbons (Fsp3) is 0.333. The predicted octanol–water partition coefficient (Wildman–Crippen LogP) is 3.92. The van der Waals surface area contributed by atoms with Crippen molar-refractivity contribution in [3.05, 3.63) is 59.8 Å². The normalized spacial score (nSPS) is 21.4. The second-order valence-electron chi connectivity index (χ2n) is 7.39. The standard InChI is InChI=1S/C21H19F2N5/c1-4-21(28-11-24-25-12-28)9-8-14(13(2)3)15-10-18(26-27-20(15)21)19-16(22)6-5-7-17(19)23/h1,5-7,10-14H,8-9H2,2-3H3/t14-,21+/m1/s1. The van der Waals surface area contributed by atoms with Gasteiger partial charge in [0.2, 0.25) is 0 Å². The van der Waals surface area contributed by atoms with Crippen LogP contribution in [0.5, 0.6) is 0 Å². The number of halogens is 2. The van der Waals surface area contributed by atoms with Gasteiger partial charge < -0.3 is 0 Å². The quantitative estimate of drug-likeness (QED) is 0.647. The monoisotopic (exact) mass is 379 g/mol. The van der Waals surface area contributed by atoms with Crippen molar-refractivity contribution in [3.63, 3.8) is 0 Å². The first-order valence-corrected chi connectivity index (χ1v) is 9.13. The van der Waals surface area contributed by atoms with Gasteiger partial charge in [-0.3, -0.25) is 4.57 Å². The number of rotatable bonds is 3. The van der Waals surface area contributed by atoms with Crippen molar-refractivity contribution in [1.29, 1.82) is 0 Å². The maximum absolute atomic E-state index is 14.3. The summed E-state index contributed by atoms with van der Waals surface area (Å²) in [5.74, 6) is 1.96. The summed E-state index contributed by atoms with van der Waals surface area (Å²) in [7, 11) is 0. The molecule has 0 saturated heterocycles. The molecular formula is C21H19F2N5. The van der Waals surface area contributed by atoms with Gasteiger partial charge in [0.25, 0.3) is 0 Å². The summed E-state index contributed by atoms with van der Waals surface area (Å²) < 4.78 is 30.4. The number of benzene rings is 1. The molecule has 0 unspecified atom stereocenters. The molecule has 142 valence electrons. The summed E-state index contributed by atoms with van der Waals surface area (Å²) in [5, 5.41) is 16.3. The van der Waals surface area contributed by atoms with Crippen molar-refractivity contribution >= 4 is 0 Å². The van der Waals surface area contributed by atoms with Crippen molar-refractivity contribution in [1.82, 2.24) is 25.0 Å². The number of fused-ring (bicyclic) bond motifs is 1. The highest BCUT2D eigenvalue weighted by molar-refractivity contribution is 5.62. The Hall–Kier alpha value is -3.14. The van der Waals surface area contributed by atoms with Crippen molar-refractivity contribution < 1.29 is 8.78 Å². The lowest BCUT2D eigenvalue weighted by atomic mass is 9.71. The van der Waals surface area contributed by atoms with Crippen molar-refractivity contribution in [2.24, 2.45) is 5.92 Å². The molecule has 0 N–H and O–H groups in total. The average Bonchev–Trinajstić information content (AvgIpc) is 3.22. The Balaban J connectivity index is 1.95. The van der Waals surface area contributed by atoms with Crippen molar-refractivity contribution in [3.8, 4) is 23.6 Å². The lowest BCUT2D eigenvalue weighted by molar-refractivity contribution is 0.316. The average molecular weight is 379 g/mol. The summed E-state index contributed by atoms with van der Waals surface area (Å²) >= 11 is 0. The first kappa shape index (κ1) is 18.2. The SMILES string of the molecule is C#C[C@]1(n2cnnc2)CC[C@H](C(C)C)c2cc(-c3c(F)cccc3F)nnc21. The highest BCUT2D eigenvalue weighted by atomic mass is 19.1. The second kappa shape index (κ2) is 6.79. The van der Waals surface area contributed by atoms with Crippen LogP contribution in [0.15, 0.2) is 36.9 Å². The van der Waals surface area contributed by atoms with Crippen LogP contribution in [0.25, 0.3) is 11.3 Å². The van der Waals surface area contributed by atoms with Gasteiger partial charge in [0, 0.05) is 0 Å². The van der Waals surface area contributed by atoms with Gasteiger partial charge in [-0.15, -0.1) is 21.7 Å². The van der Waals surface area contributed by atoms with Crippen LogP contribution in [0.1, 0.15) is 43.9 Å². The van der Waals surface area contributed by atoms with E-state index >= 15 is 0 Å². The molecule has 0 bridgehead atoms. The molecule has 4 rings (SSSR count). The Morgan fingerprint density at radius 1 is 1.18 bits per heavy atom. The number of nitrogens with zero attached hydrogens (tertiary/aromatic N) is 5. The molecule has 0 aliphatic heterocycles. The van der Waals surface area contributed by atoms with Crippen LogP contribution < -0.4 is 0 Å². The molecule has 0 amide bonds. The van der Waals surface area contributed by atoms with Gasteiger partial charge >= 0.3 is 0 Å². The molecular weight excluding hydrogens is 360 g/mol. The van der Waals surface area contributed by atoms with Gasteiger partial charge in [-0.2, -0.15) is 5.10 Å². The third-order valence-electron chi connectivity index (χ3n) is 5.55. The highest BCUT2D eigenvalue weighted by Crippen LogP contribution is 2.46. The van der Waals surface area contributed by atoms with E-state index in [1.807, 2.05) is 0 Å². The molecule has 0 radical (unpaired) electrons. The van der Waals surface area contributed by atoms with Gasteiger partial charge in [-0.1, -0.05) is 25.8 Å². The van der Waals surface area contributed by atoms with Crippen LogP contribution >= 0.6 is 0 Å². The largest absolute Gasteiger partial charge is 0.297 e. The van der Waals surface area contributed by atoms with E-state index in [1.54, 1.807) is 23.3 Å². The van der Waals surface area contributed by atoms with Gasteiger partial charge in [-0.25, -0.2) is 8.78 Å². The summed E-state index contributed by atoms with van der Waals surface area (Å²) in [5.41, 5.74) is 0.586. The second-order valence-corrected chi connectivity index (χ2v) is 7.39. The molecule has 1 aliphatic carbocycles. The van der Waals surface area contributed by atoms with E-state index in [4.69, 9.17) is 6.42 Å². The molecule has 1 aliphatic rings. The van der Waals surface area contributed by atoms with E-state index in [9.17, 15) is 8.78 Å². The molecule has 2 heterocycles. The topological polar surface area (TPSA) is 56.5 Å². The molecule has 2 aromatic heterocycles. The van der Waals surface area contributed by atoms with Crippen LogP contribution in [0.2, 0.25) is 0 Å². The van der Waals surface area contributed by atoms with Crippen LogP contribution in [0.4, 0.5) is 8.78 Å². The Bertz CT molecular complexity index is 1030. The van der Waals surface area contributed by atoms with E-state index in [0.717, 1.165) is 12.0 Å². The first-order valence-electron chi connectivity index (χ1n) is 9.13. The first-order chi connectivity index (χ1) is 13.5. The number of hydrogen-bond acceptors (Lipinski definition) is 4. The minimum Gasteiger partial charge on any atom is -0.297 e. The molecule has 0 spiro atoms. The van der Waals surface area contributed by atoms with Crippen LogP contribution in [0.3, 0.4) is 0 Å². The summed E-state index contributed by atoms with van der Waals surface area (Å²) in [6, 6.07) is 5.47. The fourth-order valence-electron chi connectivity index (χ4n) is 4.07. The summed E-state index contributed by atoms with van der Waals surface area (Å²) in [6.45, 7) is 4.22. The van der Waals surface area contributed by atoms with E-state index in [1.165, 1.54) is 18.2 Å². The predicted molar refractivity (Wildman–Crippen MR) is 100 cm³/mol. The minimum absolute atomic E-state index is 0.150. The summed E-state index contributed by atoms with van der Waals surface area (Å²) in [6.07, 6.45) is 10.5. The molecule has 28 heavy (non-hydrogen) atoms. The number of aromatic nitrogens is 5. The Labute approximate surface area is 161 Å². The smallest absolute Gasteiger partial charge is 0.152 e. The van der Waals surface area contributed by atoms with Crippen LogP contribution in [0, 0.1) is 29.9 Å². The Morgan fingerprint density at radius 3 is 2.46 bits per heavy atom. The Kier molecular flexibility index (Phi) is 4.42. The van der Waals surface area contributed by atoms with Gasteiger partial charge in [0.15, 0.2) is 5.54 Å².